The van der Waals surface area contributed by atoms with E-state index in [0.29, 0.717) is 13.0 Å². The lowest BCUT2D eigenvalue weighted by molar-refractivity contribution is -0.141. The van der Waals surface area contributed by atoms with E-state index in [-0.39, 0.29) is 18.5 Å². The highest BCUT2D eigenvalue weighted by atomic mass is 32.2. The van der Waals surface area contributed by atoms with Gasteiger partial charge in [-0.25, -0.2) is 13.1 Å². The van der Waals surface area contributed by atoms with Gasteiger partial charge in [-0.05, 0) is 30.9 Å². The maximum atomic E-state index is 12.8. The van der Waals surface area contributed by atoms with Gasteiger partial charge in [0.2, 0.25) is 10.0 Å². The summed E-state index contributed by atoms with van der Waals surface area (Å²) in [4.78, 5) is 14.6. The van der Waals surface area contributed by atoms with Crippen LogP contribution >= 0.6 is 0 Å². The topological polar surface area (TPSA) is 75.7 Å². The normalized spacial score (nSPS) is 24.1. The van der Waals surface area contributed by atoms with E-state index in [1.165, 1.54) is 0 Å². The molecule has 7 heteroatoms. The number of hydrogen-bond acceptors (Lipinski definition) is 4. The van der Waals surface area contributed by atoms with Crippen molar-refractivity contribution in [1.29, 1.82) is 0 Å². The lowest BCUT2D eigenvalue weighted by Crippen LogP contribution is -2.53. The molecule has 1 amide bonds. The molecule has 1 fully saturated rings. The number of nitrogens with zero attached hydrogens (tertiary/aromatic N) is 1. The minimum atomic E-state index is -3.25. The van der Waals surface area contributed by atoms with Crippen molar-refractivity contribution in [3.63, 3.8) is 0 Å². The summed E-state index contributed by atoms with van der Waals surface area (Å²) in [6.07, 6.45) is 3.99. The van der Waals surface area contributed by atoms with Gasteiger partial charge < -0.3 is 9.64 Å². The highest BCUT2D eigenvalue weighted by molar-refractivity contribution is 7.88. The van der Waals surface area contributed by atoms with Crippen LogP contribution in [0, 0.1) is 0 Å². The summed E-state index contributed by atoms with van der Waals surface area (Å²) < 4.78 is 30.9. The molecule has 126 valence electrons. The van der Waals surface area contributed by atoms with Crippen LogP contribution in [0.5, 0.6) is 5.75 Å². The predicted molar refractivity (Wildman–Crippen MR) is 86.8 cm³/mol. The Morgan fingerprint density at radius 2 is 2.13 bits per heavy atom. The third-order valence-corrected chi connectivity index (χ3v) is 5.10. The Labute approximate surface area is 136 Å². The van der Waals surface area contributed by atoms with Gasteiger partial charge >= 0.3 is 0 Å². The number of fused-ring (bicyclic) bond motifs is 1. The Bertz CT molecular complexity index is 664. The predicted octanol–water partition coefficient (Wildman–Crippen LogP) is 0.920. The van der Waals surface area contributed by atoms with E-state index in [9.17, 15) is 13.2 Å². The first-order valence-corrected chi connectivity index (χ1v) is 9.83. The second-order valence-corrected chi connectivity index (χ2v) is 8.05. The van der Waals surface area contributed by atoms with Crippen molar-refractivity contribution >= 4 is 15.9 Å². The number of para-hydroxylation sites is 1. The SMILES string of the molecule is CS(=O)(=O)NC[C@H]1CCCCN1C(=O)[C@@H]1Cc2ccccc2O1. The van der Waals surface area contributed by atoms with Crippen LogP contribution in [0.3, 0.4) is 0 Å². The van der Waals surface area contributed by atoms with Gasteiger partial charge in [0.1, 0.15) is 5.75 Å². The van der Waals surface area contributed by atoms with E-state index in [0.717, 1.165) is 36.8 Å². The third-order valence-electron chi connectivity index (χ3n) is 4.41. The quantitative estimate of drug-likeness (QED) is 0.886. The molecule has 0 bridgehead atoms. The molecule has 0 unspecified atom stereocenters. The highest BCUT2D eigenvalue weighted by Gasteiger charge is 2.36. The molecule has 2 heterocycles. The van der Waals surface area contributed by atoms with Crippen molar-refractivity contribution in [3.8, 4) is 5.75 Å². The van der Waals surface area contributed by atoms with Crippen LogP contribution < -0.4 is 9.46 Å². The Morgan fingerprint density at radius 1 is 1.35 bits per heavy atom. The fraction of sp³-hybridized carbons (Fsp3) is 0.562. The molecule has 0 spiro atoms. The number of carbonyl (C=O) groups is 1. The third kappa shape index (κ3) is 3.84. The minimum absolute atomic E-state index is 0.0406. The lowest BCUT2D eigenvalue weighted by atomic mass is 10.0. The summed E-state index contributed by atoms with van der Waals surface area (Å²) in [6.45, 7) is 0.926. The zero-order valence-electron chi connectivity index (χ0n) is 13.2. The highest BCUT2D eigenvalue weighted by Crippen LogP contribution is 2.30. The molecule has 1 aromatic rings. The Balaban J connectivity index is 1.67. The Morgan fingerprint density at radius 3 is 2.87 bits per heavy atom. The average Bonchev–Trinajstić information content (AvgIpc) is 2.96. The molecule has 1 N–H and O–H groups in total. The van der Waals surface area contributed by atoms with Crippen LogP contribution in [0.1, 0.15) is 24.8 Å². The summed E-state index contributed by atoms with van der Waals surface area (Å²) in [5.74, 6) is 0.731. The summed E-state index contributed by atoms with van der Waals surface area (Å²) >= 11 is 0. The second-order valence-electron chi connectivity index (χ2n) is 6.22. The van der Waals surface area contributed by atoms with Gasteiger partial charge in [-0.1, -0.05) is 18.2 Å². The van der Waals surface area contributed by atoms with Gasteiger partial charge in [0.15, 0.2) is 6.10 Å². The van der Waals surface area contributed by atoms with Crippen LogP contribution in [-0.4, -0.2) is 50.7 Å². The summed E-state index contributed by atoms with van der Waals surface area (Å²) in [5.41, 5.74) is 1.05. The largest absolute Gasteiger partial charge is 0.480 e. The van der Waals surface area contributed by atoms with Gasteiger partial charge in [0.05, 0.1) is 6.26 Å². The van der Waals surface area contributed by atoms with Crippen LogP contribution in [-0.2, 0) is 21.2 Å². The molecule has 2 aliphatic rings. The first-order valence-electron chi connectivity index (χ1n) is 7.94. The van der Waals surface area contributed by atoms with Crippen molar-refractivity contribution in [2.75, 3.05) is 19.3 Å². The number of piperidine rings is 1. The minimum Gasteiger partial charge on any atom is -0.480 e. The monoisotopic (exact) mass is 338 g/mol. The zero-order valence-corrected chi connectivity index (χ0v) is 14.0. The van der Waals surface area contributed by atoms with E-state index in [1.807, 2.05) is 24.3 Å². The number of nitrogens with one attached hydrogen (secondary N) is 1. The zero-order chi connectivity index (χ0) is 16.4. The van der Waals surface area contributed by atoms with Gasteiger partial charge in [0, 0.05) is 25.6 Å². The molecule has 0 radical (unpaired) electrons. The average molecular weight is 338 g/mol. The maximum absolute atomic E-state index is 12.8. The molecule has 6 nitrogen and oxygen atoms in total. The molecular weight excluding hydrogens is 316 g/mol. The van der Waals surface area contributed by atoms with Crippen LogP contribution in [0.15, 0.2) is 24.3 Å². The van der Waals surface area contributed by atoms with Crippen LogP contribution in [0.2, 0.25) is 0 Å². The fourth-order valence-electron chi connectivity index (χ4n) is 3.26. The first-order chi connectivity index (χ1) is 10.9. The number of likely N-dealkylation sites (tertiary alicyclic amines) is 1. The first kappa shape index (κ1) is 16.3. The maximum Gasteiger partial charge on any atom is 0.264 e. The van der Waals surface area contributed by atoms with E-state index >= 15 is 0 Å². The number of rotatable bonds is 4. The van der Waals surface area contributed by atoms with Crippen molar-refractivity contribution < 1.29 is 17.9 Å². The molecule has 0 saturated carbocycles. The van der Waals surface area contributed by atoms with E-state index < -0.39 is 16.1 Å². The Kier molecular flexibility index (Phi) is 4.59. The molecule has 2 atom stereocenters. The van der Waals surface area contributed by atoms with E-state index in [4.69, 9.17) is 4.74 Å². The summed E-state index contributed by atoms with van der Waals surface area (Å²) in [6, 6.07) is 7.58. The number of benzene rings is 1. The van der Waals surface area contributed by atoms with Gasteiger partial charge in [-0.15, -0.1) is 0 Å². The number of sulfonamides is 1. The molecule has 23 heavy (non-hydrogen) atoms. The molecule has 1 aromatic carbocycles. The number of amides is 1. The van der Waals surface area contributed by atoms with E-state index in [1.54, 1.807) is 4.90 Å². The van der Waals surface area contributed by atoms with Gasteiger partial charge in [-0.3, -0.25) is 4.79 Å². The molecule has 1 saturated heterocycles. The molecule has 3 rings (SSSR count). The van der Waals surface area contributed by atoms with Crippen molar-refractivity contribution in [1.82, 2.24) is 9.62 Å². The molecular formula is C16H22N2O4S. The standard InChI is InChI=1S/C16H22N2O4S/c1-23(20,21)17-11-13-7-4-5-9-18(13)16(19)15-10-12-6-2-3-8-14(12)22-15/h2-3,6,8,13,15,17H,4-5,7,9-11H2,1H3/t13-,15+/m1/s1. The molecule has 0 aliphatic carbocycles. The number of ether oxygens (including phenoxy) is 1. The van der Waals surface area contributed by atoms with Crippen molar-refractivity contribution in [3.05, 3.63) is 29.8 Å². The number of hydrogen-bond donors (Lipinski definition) is 1. The second kappa shape index (κ2) is 6.49. The van der Waals surface area contributed by atoms with Crippen molar-refractivity contribution in [2.45, 2.75) is 37.8 Å². The number of carbonyl (C=O) groups excluding carboxylic acids is 1. The van der Waals surface area contributed by atoms with E-state index in [2.05, 4.69) is 4.72 Å². The molecule has 0 aromatic heterocycles. The Hall–Kier alpha value is -1.60. The summed E-state index contributed by atoms with van der Waals surface area (Å²) in [5, 5.41) is 0. The van der Waals surface area contributed by atoms with Gasteiger partial charge in [-0.2, -0.15) is 0 Å². The van der Waals surface area contributed by atoms with Crippen LogP contribution in [0.4, 0.5) is 0 Å². The smallest absolute Gasteiger partial charge is 0.264 e. The van der Waals surface area contributed by atoms with Crippen LogP contribution in [0.25, 0.3) is 0 Å². The fourth-order valence-corrected chi connectivity index (χ4v) is 3.75. The summed E-state index contributed by atoms with van der Waals surface area (Å²) in [7, 11) is -3.25. The lowest BCUT2D eigenvalue weighted by Gasteiger charge is -2.37. The van der Waals surface area contributed by atoms with Gasteiger partial charge in [0.25, 0.3) is 5.91 Å². The van der Waals surface area contributed by atoms with Crippen molar-refractivity contribution in [2.24, 2.45) is 0 Å². The molecule has 2 aliphatic heterocycles.